The highest BCUT2D eigenvalue weighted by Crippen LogP contribution is 2.04. The smallest absolute Gasteiger partial charge is 0.150 e. The fourth-order valence-corrected chi connectivity index (χ4v) is 2.88. The van der Waals surface area contributed by atoms with Crippen LogP contribution in [0.25, 0.3) is 0 Å². The average molecular weight is 199 g/mol. The van der Waals surface area contributed by atoms with Crippen LogP contribution in [-0.2, 0) is 9.84 Å². The molecular weight excluding hydrogens is 184 g/mol. The quantitative estimate of drug-likeness (QED) is 0.630. The minimum atomic E-state index is -2.83. The van der Waals surface area contributed by atoms with Gasteiger partial charge in [0.2, 0.25) is 0 Å². The molecule has 0 amide bonds. The predicted octanol–water partition coefficient (Wildman–Crippen LogP) is 1.69. The van der Waals surface area contributed by atoms with Crippen LogP contribution in [0.3, 0.4) is 0 Å². The van der Waals surface area contributed by atoms with Crippen molar-refractivity contribution in [1.29, 1.82) is 0 Å². The second-order valence-electron chi connectivity index (χ2n) is 2.87. The number of halogens is 1. The number of alkyl halides is 1. The summed E-state index contributed by atoms with van der Waals surface area (Å²) in [5.41, 5.74) is 0. The fraction of sp³-hybridized carbons (Fsp3) is 1.00. The van der Waals surface area contributed by atoms with Crippen LogP contribution in [0.1, 0.15) is 20.3 Å². The van der Waals surface area contributed by atoms with Crippen LogP contribution in [0, 0.1) is 5.92 Å². The van der Waals surface area contributed by atoms with E-state index < -0.39 is 9.84 Å². The van der Waals surface area contributed by atoms with E-state index in [2.05, 4.69) is 0 Å². The van der Waals surface area contributed by atoms with E-state index >= 15 is 0 Å². The van der Waals surface area contributed by atoms with Crippen molar-refractivity contribution < 1.29 is 8.42 Å². The van der Waals surface area contributed by atoms with Crippen molar-refractivity contribution in [2.45, 2.75) is 20.3 Å². The Kier molecular flexibility index (Phi) is 5.10. The Morgan fingerprint density at radius 3 is 2.36 bits per heavy atom. The summed E-state index contributed by atoms with van der Waals surface area (Å²) in [7, 11) is -2.83. The molecule has 1 unspecified atom stereocenters. The maximum Gasteiger partial charge on any atom is 0.150 e. The molecule has 11 heavy (non-hydrogen) atoms. The molecule has 0 saturated heterocycles. The third-order valence-electron chi connectivity index (χ3n) is 1.32. The molecule has 0 aliphatic carbocycles. The molecule has 0 bridgehead atoms. The molecule has 4 heteroatoms. The lowest BCUT2D eigenvalue weighted by Crippen LogP contribution is -2.17. The molecule has 0 aliphatic heterocycles. The number of hydrogen-bond acceptors (Lipinski definition) is 2. The van der Waals surface area contributed by atoms with Gasteiger partial charge in [0.15, 0.2) is 9.84 Å². The monoisotopic (exact) mass is 198 g/mol. The standard InChI is InChI=1S/C7H15ClO2S/c1-3-4-11(9,10)6-7(2)5-8/h7H,3-6H2,1-2H3. The molecule has 0 aromatic carbocycles. The zero-order chi connectivity index (χ0) is 8.91. The first-order chi connectivity index (χ1) is 5.02. The molecule has 0 aromatic heterocycles. The maximum atomic E-state index is 11.1. The van der Waals surface area contributed by atoms with Gasteiger partial charge in [0.05, 0.1) is 5.75 Å². The van der Waals surface area contributed by atoms with Crippen molar-refractivity contribution in [2.24, 2.45) is 5.92 Å². The van der Waals surface area contributed by atoms with Crippen molar-refractivity contribution in [3.63, 3.8) is 0 Å². The first-order valence-corrected chi connectivity index (χ1v) is 6.13. The Labute approximate surface area is 73.9 Å². The summed E-state index contributed by atoms with van der Waals surface area (Å²) in [5, 5.41) is 0. The van der Waals surface area contributed by atoms with E-state index in [4.69, 9.17) is 11.6 Å². The van der Waals surface area contributed by atoms with E-state index in [9.17, 15) is 8.42 Å². The normalized spacial score (nSPS) is 14.8. The van der Waals surface area contributed by atoms with Crippen molar-refractivity contribution in [1.82, 2.24) is 0 Å². The molecule has 1 atom stereocenters. The molecule has 0 spiro atoms. The van der Waals surface area contributed by atoms with Gasteiger partial charge in [0.25, 0.3) is 0 Å². The Balaban J connectivity index is 3.92. The summed E-state index contributed by atoms with van der Waals surface area (Å²) >= 11 is 5.49. The van der Waals surface area contributed by atoms with Gasteiger partial charge in [-0.2, -0.15) is 0 Å². The Hall–Kier alpha value is 0.240. The van der Waals surface area contributed by atoms with Crippen molar-refractivity contribution in [3.05, 3.63) is 0 Å². The minimum Gasteiger partial charge on any atom is -0.229 e. The first-order valence-electron chi connectivity index (χ1n) is 3.78. The first kappa shape index (κ1) is 11.2. The molecule has 68 valence electrons. The third-order valence-corrected chi connectivity index (χ3v) is 3.95. The van der Waals surface area contributed by atoms with Gasteiger partial charge >= 0.3 is 0 Å². The zero-order valence-electron chi connectivity index (χ0n) is 7.01. The molecule has 0 heterocycles. The van der Waals surface area contributed by atoms with Gasteiger partial charge in [0.1, 0.15) is 0 Å². The molecular formula is C7H15ClO2S. The molecule has 0 radical (unpaired) electrons. The molecule has 0 N–H and O–H groups in total. The van der Waals surface area contributed by atoms with Crippen molar-refractivity contribution in [2.75, 3.05) is 17.4 Å². The van der Waals surface area contributed by atoms with Gasteiger partial charge in [0, 0.05) is 11.6 Å². The van der Waals surface area contributed by atoms with Gasteiger partial charge in [-0.3, -0.25) is 0 Å². The summed E-state index contributed by atoms with van der Waals surface area (Å²) in [6.07, 6.45) is 0.692. The molecule has 0 rings (SSSR count). The lowest BCUT2D eigenvalue weighted by Gasteiger charge is -2.06. The van der Waals surface area contributed by atoms with Crippen LogP contribution in [0.5, 0.6) is 0 Å². The predicted molar refractivity (Wildman–Crippen MR) is 48.8 cm³/mol. The molecule has 0 aromatic rings. The Morgan fingerprint density at radius 2 is 2.00 bits per heavy atom. The van der Waals surface area contributed by atoms with E-state index in [-0.39, 0.29) is 17.4 Å². The molecule has 2 nitrogen and oxygen atoms in total. The second kappa shape index (κ2) is 4.99. The summed E-state index contributed by atoms with van der Waals surface area (Å²) in [4.78, 5) is 0. The highest BCUT2D eigenvalue weighted by atomic mass is 35.5. The highest BCUT2D eigenvalue weighted by Gasteiger charge is 2.13. The minimum absolute atomic E-state index is 0.0771. The molecule has 0 aliphatic rings. The largest absolute Gasteiger partial charge is 0.229 e. The van der Waals surface area contributed by atoms with Crippen LogP contribution >= 0.6 is 11.6 Å². The number of hydrogen-bond donors (Lipinski definition) is 0. The van der Waals surface area contributed by atoms with Gasteiger partial charge in [-0.1, -0.05) is 13.8 Å². The van der Waals surface area contributed by atoms with E-state index in [0.29, 0.717) is 12.3 Å². The molecule has 0 fully saturated rings. The topological polar surface area (TPSA) is 34.1 Å². The summed E-state index contributed by atoms with van der Waals surface area (Å²) < 4.78 is 22.3. The summed E-state index contributed by atoms with van der Waals surface area (Å²) in [6.45, 7) is 3.71. The van der Waals surface area contributed by atoms with E-state index in [1.165, 1.54) is 0 Å². The number of sulfone groups is 1. The number of rotatable bonds is 5. The van der Waals surface area contributed by atoms with E-state index in [1.807, 2.05) is 13.8 Å². The van der Waals surface area contributed by atoms with Gasteiger partial charge in [-0.15, -0.1) is 11.6 Å². The Morgan fingerprint density at radius 1 is 1.45 bits per heavy atom. The van der Waals surface area contributed by atoms with Crippen molar-refractivity contribution >= 4 is 21.4 Å². The maximum absolute atomic E-state index is 11.1. The van der Waals surface area contributed by atoms with Crippen LogP contribution < -0.4 is 0 Å². The Bertz CT molecular complexity index is 187. The van der Waals surface area contributed by atoms with Crippen LogP contribution in [0.4, 0.5) is 0 Å². The third kappa shape index (κ3) is 5.50. The average Bonchev–Trinajstić information content (AvgIpc) is 1.86. The van der Waals surface area contributed by atoms with Gasteiger partial charge < -0.3 is 0 Å². The van der Waals surface area contributed by atoms with Crippen LogP contribution in [0.15, 0.2) is 0 Å². The zero-order valence-corrected chi connectivity index (χ0v) is 8.58. The molecule has 0 saturated carbocycles. The van der Waals surface area contributed by atoms with Gasteiger partial charge in [-0.05, 0) is 12.3 Å². The van der Waals surface area contributed by atoms with Crippen LogP contribution in [-0.4, -0.2) is 25.8 Å². The van der Waals surface area contributed by atoms with Gasteiger partial charge in [-0.25, -0.2) is 8.42 Å². The fourth-order valence-electron chi connectivity index (χ4n) is 0.872. The second-order valence-corrected chi connectivity index (χ2v) is 5.41. The van der Waals surface area contributed by atoms with Crippen LogP contribution in [0.2, 0.25) is 0 Å². The lowest BCUT2D eigenvalue weighted by atomic mass is 10.3. The van der Waals surface area contributed by atoms with Crippen molar-refractivity contribution in [3.8, 4) is 0 Å². The summed E-state index contributed by atoms with van der Waals surface area (Å²) in [5.74, 6) is 1.01. The van der Waals surface area contributed by atoms with E-state index in [0.717, 1.165) is 0 Å². The summed E-state index contributed by atoms with van der Waals surface area (Å²) in [6, 6.07) is 0. The lowest BCUT2D eigenvalue weighted by molar-refractivity contribution is 0.582. The SMILES string of the molecule is CCCS(=O)(=O)CC(C)CCl. The van der Waals surface area contributed by atoms with E-state index in [1.54, 1.807) is 0 Å². The highest BCUT2D eigenvalue weighted by molar-refractivity contribution is 7.91.